The van der Waals surface area contributed by atoms with Crippen molar-refractivity contribution >= 4 is 16.8 Å². The Hall–Kier alpha value is -3.47. The average Bonchev–Trinajstić information content (AvgIpc) is 3.18. The first-order valence-corrected chi connectivity index (χ1v) is 8.89. The smallest absolute Gasteiger partial charge is 0.269 e. The largest absolute Gasteiger partial charge is 0.364 e. The second-order valence-corrected chi connectivity index (χ2v) is 6.83. The van der Waals surface area contributed by atoms with Crippen LogP contribution in [0.2, 0.25) is 0 Å². The highest BCUT2D eigenvalue weighted by Gasteiger charge is 2.13. The second kappa shape index (κ2) is 6.68. The molecule has 5 nitrogen and oxygen atoms in total. The predicted octanol–water partition coefficient (Wildman–Crippen LogP) is 4.31. The summed E-state index contributed by atoms with van der Waals surface area (Å²) in [7, 11) is 0. The molecule has 0 atom stereocenters. The fourth-order valence-corrected chi connectivity index (χ4v) is 3.20. The van der Waals surface area contributed by atoms with Gasteiger partial charge in [0.05, 0.1) is 16.9 Å². The monoisotopic (exact) mass is 356 g/mol. The number of nitrogens with two attached hydrogens (primary N) is 1. The molecule has 5 heteroatoms. The third-order valence-electron chi connectivity index (χ3n) is 4.57. The van der Waals surface area contributed by atoms with Crippen molar-refractivity contribution in [2.24, 2.45) is 5.73 Å². The molecular formula is C22H20N4O. The number of nitrogens with zero attached hydrogens (tertiary/aromatic N) is 3. The van der Waals surface area contributed by atoms with Gasteiger partial charge in [0, 0.05) is 17.1 Å². The molecule has 0 fully saturated rings. The quantitative estimate of drug-likeness (QED) is 0.592. The second-order valence-electron chi connectivity index (χ2n) is 6.83. The lowest BCUT2D eigenvalue weighted by Gasteiger charge is -2.14. The van der Waals surface area contributed by atoms with Crippen molar-refractivity contribution in [2.75, 3.05) is 0 Å². The average molecular weight is 356 g/mol. The minimum atomic E-state index is -0.540. The normalized spacial score (nSPS) is 11.2. The minimum Gasteiger partial charge on any atom is -0.364 e. The molecule has 0 aliphatic carbocycles. The molecule has 0 spiro atoms. The third kappa shape index (κ3) is 3.19. The van der Waals surface area contributed by atoms with E-state index in [4.69, 9.17) is 10.7 Å². The van der Waals surface area contributed by atoms with Gasteiger partial charge in [-0.05, 0) is 35.7 Å². The van der Waals surface area contributed by atoms with Gasteiger partial charge >= 0.3 is 0 Å². The lowest BCUT2D eigenvalue weighted by molar-refractivity contribution is 0.0995. The van der Waals surface area contributed by atoms with Gasteiger partial charge in [0.2, 0.25) is 0 Å². The fourth-order valence-electron chi connectivity index (χ4n) is 3.20. The molecule has 0 saturated carbocycles. The van der Waals surface area contributed by atoms with Crippen LogP contribution >= 0.6 is 0 Å². The van der Waals surface area contributed by atoms with Crippen LogP contribution in [0.5, 0.6) is 0 Å². The van der Waals surface area contributed by atoms with Gasteiger partial charge < -0.3 is 5.73 Å². The Morgan fingerprint density at radius 2 is 1.81 bits per heavy atom. The Morgan fingerprint density at radius 3 is 2.48 bits per heavy atom. The first-order chi connectivity index (χ1) is 13.0. The van der Waals surface area contributed by atoms with Gasteiger partial charge in [-0.15, -0.1) is 0 Å². The Bertz CT molecular complexity index is 1130. The summed E-state index contributed by atoms with van der Waals surface area (Å²) in [5.41, 5.74) is 10.6. The van der Waals surface area contributed by atoms with Crippen LogP contribution in [0.25, 0.3) is 27.7 Å². The van der Waals surface area contributed by atoms with E-state index in [0.29, 0.717) is 5.92 Å². The summed E-state index contributed by atoms with van der Waals surface area (Å²) < 4.78 is 1.64. The fraction of sp³-hybridized carbons (Fsp3) is 0.136. The zero-order valence-electron chi connectivity index (χ0n) is 15.3. The summed E-state index contributed by atoms with van der Waals surface area (Å²) in [6.07, 6.45) is 1.73. The highest BCUT2D eigenvalue weighted by atomic mass is 16.1. The van der Waals surface area contributed by atoms with Crippen molar-refractivity contribution in [1.82, 2.24) is 14.8 Å². The maximum absolute atomic E-state index is 11.3. The molecule has 0 bridgehead atoms. The van der Waals surface area contributed by atoms with Crippen LogP contribution in [0.4, 0.5) is 0 Å². The maximum atomic E-state index is 11.3. The third-order valence-corrected chi connectivity index (χ3v) is 4.57. The first kappa shape index (κ1) is 17.0. The van der Waals surface area contributed by atoms with E-state index in [1.807, 2.05) is 36.4 Å². The summed E-state index contributed by atoms with van der Waals surface area (Å²) >= 11 is 0. The summed E-state index contributed by atoms with van der Waals surface area (Å²) in [5, 5.41) is 5.28. The molecule has 0 saturated heterocycles. The summed E-state index contributed by atoms with van der Waals surface area (Å²) in [6, 6.07) is 20.1. The standard InChI is InChI=1S/C22H20N4O/c1-14(2)21-18(15-6-4-3-5-7-15)12-16-8-9-17(13-20(16)24-21)26-11-10-19(25-26)22(23)27/h3-14H,1-2H3,(H2,23,27). The van der Waals surface area contributed by atoms with Gasteiger partial charge in [0.15, 0.2) is 0 Å². The molecule has 2 heterocycles. The highest BCUT2D eigenvalue weighted by Crippen LogP contribution is 2.31. The van der Waals surface area contributed by atoms with Gasteiger partial charge in [-0.2, -0.15) is 5.10 Å². The lowest BCUT2D eigenvalue weighted by Crippen LogP contribution is -2.12. The van der Waals surface area contributed by atoms with Crippen molar-refractivity contribution in [3.63, 3.8) is 0 Å². The minimum absolute atomic E-state index is 0.241. The number of pyridine rings is 1. The van der Waals surface area contributed by atoms with E-state index in [9.17, 15) is 4.79 Å². The Balaban J connectivity index is 1.85. The molecule has 1 amide bonds. The maximum Gasteiger partial charge on any atom is 0.269 e. The van der Waals surface area contributed by atoms with E-state index >= 15 is 0 Å². The molecule has 4 aromatic rings. The zero-order chi connectivity index (χ0) is 19.0. The van der Waals surface area contributed by atoms with Crippen molar-refractivity contribution in [1.29, 1.82) is 0 Å². The molecule has 0 unspecified atom stereocenters. The number of hydrogen-bond acceptors (Lipinski definition) is 3. The van der Waals surface area contributed by atoms with E-state index in [1.165, 1.54) is 0 Å². The van der Waals surface area contributed by atoms with Gasteiger partial charge in [-0.1, -0.05) is 50.2 Å². The topological polar surface area (TPSA) is 73.8 Å². The zero-order valence-corrected chi connectivity index (χ0v) is 15.3. The number of carbonyl (C=O) groups excluding carboxylic acids is 1. The van der Waals surface area contributed by atoms with Crippen molar-refractivity contribution in [2.45, 2.75) is 19.8 Å². The molecule has 4 rings (SSSR count). The van der Waals surface area contributed by atoms with Gasteiger partial charge in [-0.25, -0.2) is 4.68 Å². The van der Waals surface area contributed by atoms with Crippen molar-refractivity contribution in [3.05, 3.63) is 78.2 Å². The molecule has 0 radical (unpaired) electrons. The summed E-state index contributed by atoms with van der Waals surface area (Å²) in [6.45, 7) is 4.30. The van der Waals surface area contributed by atoms with Crippen LogP contribution in [-0.2, 0) is 0 Å². The van der Waals surface area contributed by atoms with Crippen LogP contribution in [0.15, 0.2) is 66.9 Å². The molecule has 27 heavy (non-hydrogen) atoms. The Kier molecular flexibility index (Phi) is 4.20. The van der Waals surface area contributed by atoms with Gasteiger partial charge in [0.1, 0.15) is 5.69 Å². The number of aromatic nitrogens is 3. The number of hydrogen-bond donors (Lipinski definition) is 1. The number of carbonyl (C=O) groups is 1. The van der Waals surface area contributed by atoms with Crippen molar-refractivity contribution < 1.29 is 4.79 Å². The number of fused-ring (bicyclic) bond motifs is 1. The summed E-state index contributed by atoms with van der Waals surface area (Å²) in [4.78, 5) is 16.2. The van der Waals surface area contributed by atoms with E-state index in [1.54, 1.807) is 16.9 Å². The molecule has 0 aliphatic heterocycles. The van der Waals surface area contributed by atoms with E-state index in [2.05, 4.69) is 37.1 Å². The lowest BCUT2D eigenvalue weighted by atomic mass is 9.96. The number of benzene rings is 2. The molecule has 2 N–H and O–H groups in total. The Morgan fingerprint density at radius 1 is 1.04 bits per heavy atom. The van der Waals surface area contributed by atoms with Gasteiger partial charge in [0.25, 0.3) is 5.91 Å². The van der Waals surface area contributed by atoms with Crippen LogP contribution in [0.3, 0.4) is 0 Å². The molecule has 134 valence electrons. The van der Waals surface area contributed by atoms with E-state index in [-0.39, 0.29) is 5.69 Å². The predicted molar refractivity (Wildman–Crippen MR) is 107 cm³/mol. The Labute approximate surface area is 157 Å². The van der Waals surface area contributed by atoms with E-state index < -0.39 is 5.91 Å². The van der Waals surface area contributed by atoms with Crippen LogP contribution in [0.1, 0.15) is 35.9 Å². The van der Waals surface area contributed by atoms with Crippen molar-refractivity contribution in [3.8, 4) is 16.8 Å². The number of amides is 1. The SMILES string of the molecule is CC(C)c1nc2cc(-n3ccc(C(N)=O)n3)ccc2cc1-c1ccccc1. The molecular weight excluding hydrogens is 336 g/mol. The molecule has 2 aromatic heterocycles. The van der Waals surface area contributed by atoms with Gasteiger partial charge in [-0.3, -0.25) is 9.78 Å². The van der Waals surface area contributed by atoms with Crippen LogP contribution in [0, 0.1) is 0 Å². The summed E-state index contributed by atoms with van der Waals surface area (Å²) in [5.74, 6) is -0.248. The van der Waals surface area contributed by atoms with Crippen LogP contribution in [-0.4, -0.2) is 20.7 Å². The number of rotatable bonds is 4. The molecule has 2 aromatic carbocycles. The first-order valence-electron chi connectivity index (χ1n) is 8.89. The highest BCUT2D eigenvalue weighted by molar-refractivity contribution is 5.90. The number of primary amides is 1. The molecule has 0 aliphatic rings. The van der Waals surface area contributed by atoms with Crippen LogP contribution < -0.4 is 5.73 Å². The van der Waals surface area contributed by atoms with E-state index in [0.717, 1.165) is 33.4 Å².